The Labute approximate surface area is 109 Å². The molecule has 1 aromatic rings. The first-order valence-electron chi connectivity index (χ1n) is 6.32. The van der Waals surface area contributed by atoms with Crippen LogP contribution in [-0.4, -0.2) is 36.1 Å². The first kappa shape index (κ1) is 14.5. The monoisotopic (exact) mass is 250 g/mol. The van der Waals surface area contributed by atoms with Crippen molar-refractivity contribution in [2.45, 2.75) is 26.3 Å². The number of rotatable bonds is 6. The maximum absolute atomic E-state index is 11.9. The van der Waals surface area contributed by atoms with Crippen LogP contribution in [0.3, 0.4) is 0 Å². The lowest BCUT2D eigenvalue weighted by Crippen LogP contribution is -2.32. The van der Waals surface area contributed by atoms with Crippen LogP contribution in [0.15, 0.2) is 24.3 Å². The van der Waals surface area contributed by atoms with Gasteiger partial charge in [-0.25, -0.2) is 0 Å². The molecule has 1 amide bonds. The maximum Gasteiger partial charge on any atom is 0.224 e. The normalized spacial score (nSPS) is 12.2. The second-order valence-corrected chi connectivity index (χ2v) is 4.34. The van der Waals surface area contributed by atoms with Crippen molar-refractivity contribution in [1.29, 1.82) is 0 Å². The van der Waals surface area contributed by atoms with Gasteiger partial charge in [-0.3, -0.25) is 4.79 Å². The lowest BCUT2D eigenvalue weighted by Gasteiger charge is -2.26. The van der Waals surface area contributed by atoms with E-state index in [1.165, 1.54) is 0 Å². The third kappa shape index (κ3) is 3.74. The molecule has 0 aliphatic carbocycles. The summed E-state index contributed by atoms with van der Waals surface area (Å²) in [7, 11) is 1.77. The standard InChI is InChI=1S/C14H22N2O2/c1-4-15-10-9-14(18)16(3)11(2)12-7-5-6-8-13(12)17/h5-8,11,15,17H,4,9-10H2,1-3H3. The molecule has 1 unspecified atom stereocenters. The Kier molecular flexibility index (Phi) is 5.65. The largest absolute Gasteiger partial charge is 0.508 e. The molecule has 0 aliphatic rings. The zero-order valence-electron chi connectivity index (χ0n) is 11.3. The highest BCUT2D eigenvalue weighted by Crippen LogP contribution is 2.27. The fraction of sp³-hybridized carbons (Fsp3) is 0.500. The molecular weight excluding hydrogens is 228 g/mol. The van der Waals surface area contributed by atoms with E-state index < -0.39 is 0 Å². The van der Waals surface area contributed by atoms with E-state index in [-0.39, 0.29) is 17.7 Å². The minimum Gasteiger partial charge on any atom is -0.508 e. The van der Waals surface area contributed by atoms with Gasteiger partial charge in [0.25, 0.3) is 0 Å². The van der Waals surface area contributed by atoms with Crippen molar-refractivity contribution >= 4 is 5.91 Å². The maximum atomic E-state index is 11.9. The number of aromatic hydroxyl groups is 1. The van der Waals surface area contributed by atoms with Gasteiger partial charge in [-0.2, -0.15) is 0 Å². The van der Waals surface area contributed by atoms with Crippen LogP contribution in [0, 0.1) is 0 Å². The van der Waals surface area contributed by atoms with Gasteiger partial charge in [0.2, 0.25) is 5.91 Å². The second-order valence-electron chi connectivity index (χ2n) is 4.34. The number of hydrogen-bond donors (Lipinski definition) is 2. The number of para-hydroxylation sites is 1. The number of amides is 1. The van der Waals surface area contributed by atoms with Crippen LogP contribution in [0.25, 0.3) is 0 Å². The lowest BCUT2D eigenvalue weighted by atomic mass is 10.1. The Morgan fingerprint density at radius 1 is 1.44 bits per heavy atom. The molecule has 4 heteroatoms. The first-order chi connectivity index (χ1) is 8.57. The number of hydrogen-bond acceptors (Lipinski definition) is 3. The van der Waals surface area contributed by atoms with Crippen molar-refractivity contribution in [3.63, 3.8) is 0 Å². The van der Waals surface area contributed by atoms with E-state index in [2.05, 4.69) is 5.32 Å². The number of phenolic OH excluding ortho intramolecular Hbond substituents is 1. The van der Waals surface area contributed by atoms with Gasteiger partial charge in [0.1, 0.15) is 5.75 Å². The predicted molar refractivity (Wildman–Crippen MR) is 72.5 cm³/mol. The molecule has 0 aromatic heterocycles. The third-order valence-electron chi connectivity index (χ3n) is 3.13. The Balaban J connectivity index is 2.63. The summed E-state index contributed by atoms with van der Waals surface area (Å²) in [5.41, 5.74) is 0.775. The van der Waals surface area contributed by atoms with Crippen molar-refractivity contribution in [2.24, 2.45) is 0 Å². The molecule has 100 valence electrons. The van der Waals surface area contributed by atoms with Crippen molar-refractivity contribution in [3.8, 4) is 5.75 Å². The second kappa shape index (κ2) is 7.01. The van der Waals surface area contributed by atoms with Crippen molar-refractivity contribution in [2.75, 3.05) is 20.1 Å². The number of phenols is 1. The minimum atomic E-state index is -0.125. The molecule has 0 heterocycles. The van der Waals surface area contributed by atoms with Gasteiger partial charge in [-0.15, -0.1) is 0 Å². The van der Waals surface area contributed by atoms with Crippen molar-refractivity contribution in [3.05, 3.63) is 29.8 Å². The summed E-state index contributed by atoms with van der Waals surface area (Å²) >= 11 is 0. The van der Waals surface area contributed by atoms with E-state index in [1.807, 2.05) is 26.0 Å². The highest BCUT2D eigenvalue weighted by molar-refractivity contribution is 5.76. The SMILES string of the molecule is CCNCCC(=O)N(C)C(C)c1ccccc1O. The lowest BCUT2D eigenvalue weighted by molar-refractivity contribution is -0.131. The highest BCUT2D eigenvalue weighted by Gasteiger charge is 2.18. The molecular formula is C14H22N2O2. The van der Waals surface area contributed by atoms with Gasteiger partial charge >= 0.3 is 0 Å². The van der Waals surface area contributed by atoms with Gasteiger partial charge in [-0.1, -0.05) is 25.1 Å². The molecule has 1 atom stereocenters. The summed E-state index contributed by atoms with van der Waals surface area (Å²) < 4.78 is 0. The van der Waals surface area contributed by atoms with Crippen molar-refractivity contribution in [1.82, 2.24) is 10.2 Å². The Morgan fingerprint density at radius 2 is 2.11 bits per heavy atom. The third-order valence-corrected chi connectivity index (χ3v) is 3.13. The van der Waals surface area contributed by atoms with Crippen LogP contribution in [-0.2, 0) is 4.79 Å². The minimum absolute atomic E-state index is 0.0757. The predicted octanol–water partition coefficient (Wildman–Crippen LogP) is 1.91. The summed E-state index contributed by atoms with van der Waals surface area (Å²) in [6, 6.07) is 7.00. The molecule has 2 N–H and O–H groups in total. The van der Waals surface area contributed by atoms with Gasteiger partial charge in [0.05, 0.1) is 6.04 Å². The number of carbonyl (C=O) groups is 1. The molecule has 0 fully saturated rings. The topological polar surface area (TPSA) is 52.6 Å². The summed E-state index contributed by atoms with van der Waals surface area (Å²) in [5, 5.41) is 12.9. The summed E-state index contributed by atoms with van der Waals surface area (Å²) in [6.07, 6.45) is 0.474. The van der Waals surface area contributed by atoms with E-state index in [0.717, 1.165) is 12.1 Å². The van der Waals surface area contributed by atoms with Crippen LogP contribution < -0.4 is 5.32 Å². The quantitative estimate of drug-likeness (QED) is 0.758. The zero-order chi connectivity index (χ0) is 13.5. The van der Waals surface area contributed by atoms with Gasteiger partial charge in [-0.05, 0) is 19.5 Å². The van der Waals surface area contributed by atoms with Gasteiger partial charge in [0, 0.05) is 25.6 Å². The van der Waals surface area contributed by atoms with Crippen LogP contribution >= 0.6 is 0 Å². The molecule has 1 aromatic carbocycles. The van der Waals surface area contributed by atoms with Gasteiger partial charge in [0.15, 0.2) is 0 Å². The molecule has 0 saturated heterocycles. The molecule has 0 aliphatic heterocycles. The van der Waals surface area contributed by atoms with E-state index in [0.29, 0.717) is 13.0 Å². The molecule has 18 heavy (non-hydrogen) atoms. The van der Waals surface area contributed by atoms with E-state index >= 15 is 0 Å². The smallest absolute Gasteiger partial charge is 0.224 e. The van der Waals surface area contributed by atoms with Gasteiger partial charge < -0.3 is 15.3 Å². The number of nitrogens with zero attached hydrogens (tertiary/aromatic N) is 1. The van der Waals surface area contributed by atoms with Crippen LogP contribution in [0.1, 0.15) is 31.9 Å². The van der Waals surface area contributed by atoms with Crippen LogP contribution in [0.4, 0.5) is 0 Å². The average molecular weight is 250 g/mol. The van der Waals surface area contributed by atoms with E-state index in [4.69, 9.17) is 0 Å². The fourth-order valence-corrected chi connectivity index (χ4v) is 1.81. The van der Waals surface area contributed by atoms with Crippen LogP contribution in [0.5, 0.6) is 5.75 Å². The molecule has 0 saturated carbocycles. The van der Waals surface area contributed by atoms with E-state index in [9.17, 15) is 9.90 Å². The highest BCUT2D eigenvalue weighted by atomic mass is 16.3. The first-order valence-corrected chi connectivity index (χ1v) is 6.32. The average Bonchev–Trinajstić information content (AvgIpc) is 2.38. The molecule has 4 nitrogen and oxygen atoms in total. The Bertz CT molecular complexity index is 393. The molecule has 0 spiro atoms. The van der Waals surface area contributed by atoms with Crippen molar-refractivity contribution < 1.29 is 9.90 Å². The Hall–Kier alpha value is -1.55. The number of carbonyl (C=O) groups excluding carboxylic acids is 1. The number of benzene rings is 1. The molecule has 1 rings (SSSR count). The summed E-state index contributed by atoms with van der Waals surface area (Å²) in [6.45, 7) is 5.48. The van der Waals surface area contributed by atoms with Crippen LogP contribution in [0.2, 0.25) is 0 Å². The number of nitrogens with one attached hydrogen (secondary N) is 1. The zero-order valence-corrected chi connectivity index (χ0v) is 11.3. The van der Waals surface area contributed by atoms with E-state index in [1.54, 1.807) is 24.1 Å². The summed E-state index contributed by atoms with van der Waals surface area (Å²) in [5.74, 6) is 0.308. The fourth-order valence-electron chi connectivity index (χ4n) is 1.81. The molecule has 0 bridgehead atoms. The molecule has 0 radical (unpaired) electrons. The Morgan fingerprint density at radius 3 is 2.72 bits per heavy atom. The summed E-state index contributed by atoms with van der Waals surface area (Å²) in [4.78, 5) is 13.6.